The molecule has 172 valence electrons. The van der Waals surface area contributed by atoms with Gasteiger partial charge in [0, 0.05) is 17.3 Å². The summed E-state index contributed by atoms with van der Waals surface area (Å²) in [4.78, 5) is 32.8. The van der Waals surface area contributed by atoms with Crippen molar-refractivity contribution >= 4 is 23.1 Å². The molecule has 3 rings (SSSR count). The van der Waals surface area contributed by atoms with Crippen LogP contribution in [0.3, 0.4) is 0 Å². The molecular formula is C24H31N3O5. The van der Waals surface area contributed by atoms with Crippen molar-refractivity contribution in [3.8, 4) is 0 Å². The highest BCUT2D eigenvalue weighted by atomic mass is 16.6. The van der Waals surface area contributed by atoms with E-state index in [0.717, 1.165) is 42.4 Å². The minimum atomic E-state index is -0.713. The fourth-order valence-electron chi connectivity index (χ4n) is 3.51. The van der Waals surface area contributed by atoms with Crippen molar-refractivity contribution in [1.29, 1.82) is 0 Å². The molecule has 1 aliphatic carbocycles. The molecule has 0 aromatic carbocycles. The number of carbonyl (C=O) groups is 2. The molecule has 1 fully saturated rings. The van der Waals surface area contributed by atoms with Crippen molar-refractivity contribution in [1.82, 2.24) is 15.3 Å². The maximum absolute atomic E-state index is 11.9. The lowest BCUT2D eigenvalue weighted by molar-refractivity contribution is -0.136. The van der Waals surface area contributed by atoms with E-state index in [-0.39, 0.29) is 18.4 Å². The first-order valence-electron chi connectivity index (χ1n) is 10.8. The quantitative estimate of drug-likeness (QED) is 0.489. The summed E-state index contributed by atoms with van der Waals surface area (Å²) in [5, 5.41) is 3.48. The van der Waals surface area contributed by atoms with Gasteiger partial charge >= 0.3 is 12.1 Å². The largest absolute Gasteiger partial charge is 0.464 e. The molecule has 0 radical (unpaired) electrons. The summed E-state index contributed by atoms with van der Waals surface area (Å²) in [7, 11) is 1.25. The zero-order chi connectivity index (χ0) is 23.1. The number of hydrogen-bond donors (Lipinski definition) is 1. The summed E-state index contributed by atoms with van der Waals surface area (Å²) >= 11 is 0. The maximum atomic E-state index is 11.9. The number of aryl methyl sites for hydroxylation is 1. The second-order valence-corrected chi connectivity index (χ2v) is 8.92. The summed E-state index contributed by atoms with van der Waals surface area (Å²) in [6.07, 6.45) is 6.59. The van der Waals surface area contributed by atoms with Crippen molar-refractivity contribution in [2.45, 2.75) is 58.2 Å². The van der Waals surface area contributed by atoms with Crippen molar-refractivity contribution in [3.63, 3.8) is 0 Å². The monoisotopic (exact) mass is 441 g/mol. The molecule has 2 aromatic heterocycles. The van der Waals surface area contributed by atoms with Crippen molar-refractivity contribution in [2.24, 2.45) is 5.92 Å². The molecular weight excluding hydrogens is 410 g/mol. The minimum absolute atomic E-state index is 0.00797. The van der Waals surface area contributed by atoms with E-state index in [0.29, 0.717) is 5.92 Å². The zero-order valence-electron chi connectivity index (χ0n) is 19.1. The molecule has 1 saturated carbocycles. The van der Waals surface area contributed by atoms with Crippen LogP contribution in [0, 0.1) is 5.92 Å². The molecule has 8 nitrogen and oxygen atoms in total. The molecule has 2 aromatic rings. The van der Waals surface area contributed by atoms with Gasteiger partial charge in [-0.1, -0.05) is 0 Å². The van der Waals surface area contributed by atoms with Crippen LogP contribution in [0.1, 0.15) is 45.7 Å². The van der Waals surface area contributed by atoms with E-state index in [9.17, 15) is 9.59 Å². The second kappa shape index (κ2) is 10.5. The molecule has 0 aliphatic heterocycles. The number of nitrogens with zero attached hydrogens (tertiary/aromatic N) is 2. The summed E-state index contributed by atoms with van der Waals surface area (Å²) in [5.74, 6) is -0.0616. The number of esters is 1. The van der Waals surface area contributed by atoms with Crippen LogP contribution in [0.15, 0.2) is 42.2 Å². The smallest absolute Gasteiger partial charge is 0.412 e. The van der Waals surface area contributed by atoms with E-state index in [1.165, 1.54) is 13.2 Å². The molecule has 0 saturated heterocycles. The lowest BCUT2D eigenvalue weighted by atomic mass is 9.79. The third kappa shape index (κ3) is 7.02. The van der Waals surface area contributed by atoms with Crippen molar-refractivity contribution in [2.75, 3.05) is 13.7 Å². The first-order valence-corrected chi connectivity index (χ1v) is 10.8. The molecule has 1 N–H and O–H groups in total. The number of carbonyl (C=O) groups excluding carboxylic acids is 2. The maximum Gasteiger partial charge on any atom is 0.412 e. The van der Waals surface area contributed by atoms with Gasteiger partial charge in [-0.3, -0.25) is 5.32 Å². The van der Waals surface area contributed by atoms with Crippen LogP contribution in [0.2, 0.25) is 0 Å². The molecule has 32 heavy (non-hydrogen) atoms. The SMILES string of the molecule is COC(=O)/C(=C/COC1CC(CCc2ccc3cccnc3n2)C1)NC(=O)OC(C)(C)C. The summed E-state index contributed by atoms with van der Waals surface area (Å²) in [5.41, 5.74) is 1.18. The first kappa shape index (κ1) is 23.7. The van der Waals surface area contributed by atoms with E-state index < -0.39 is 17.7 Å². The Kier molecular flexibility index (Phi) is 7.80. The van der Waals surface area contributed by atoms with Gasteiger partial charge in [-0.25, -0.2) is 19.6 Å². The van der Waals surface area contributed by atoms with Crippen LogP contribution in [-0.4, -0.2) is 47.5 Å². The molecule has 0 bridgehead atoms. The number of ether oxygens (including phenoxy) is 3. The predicted octanol–water partition coefficient (Wildman–Crippen LogP) is 3.94. The Labute approximate surface area is 188 Å². The summed E-state index contributed by atoms with van der Waals surface area (Å²) in [6.45, 7) is 5.45. The van der Waals surface area contributed by atoms with Crippen molar-refractivity contribution in [3.05, 3.63) is 47.9 Å². The minimum Gasteiger partial charge on any atom is -0.464 e. The second-order valence-electron chi connectivity index (χ2n) is 8.92. The third-order valence-electron chi connectivity index (χ3n) is 5.18. The first-order chi connectivity index (χ1) is 15.2. The van der Waals surface area contributed by atoms with Crippen LogP contribution < -0.4 is 5.32 Å². The summed E-state index contributed by atoms with van der Waals surface area (Å²) in [6, 6.07) is 8.05. The molecule has 1 amide bonds. The van der Waals surface area contributed by atoms with Crippen molar-refractivity contribution < 1.29 is 23.8 Å². The standard InChI is InChI=1S/C24H31N3O5/c1-24(2,3)32-23(29)27-20(22(28)30-4)11-13-31-19-14-16(15-19)7-9-18-10-8-17-6-5-12-25-21(17)26-18/h5-6,8,10-12,16,19H,7,9,13-15H2,1-4H3,(H,27,29)/b20-11-. The van der Waals surface area contributed by atoms with Crippen LogP contribution in [-0.2, 0) is 25.4 Å². The van der Waals surface area contributed by atoms with Crippen LogP contribution >= 0.6 is 0 Å². The number of aromatic nitrogens is 2. The molecule has 0 unspecified atom stereocenters. The van der Waals surface area contributed by atoms with Gasteiger partial charge in [-0.05, 0) is 82.7 Å². The molecule has 2 heterocycles. The Morgan fingerprint density at radius 1 is 1.22 bits per heavy atom. The highest BCUT2D eigenvalue weighted by molar-refractivity contribution is 5.92. The zero-order valence-corrected chi connectivity index (χ0v) is 19.1. The van der Waals surface area contributed by atoms with E-state index in [2.05, 4.69) is 27.4 Å². The number of methoxy groups -OCH3 is 1. The number of fused-ring (bicyclic) bond motifs is 1. The summed E-state index contributed by atoms with van der Waals surface area (Å²) < 4.78 is 15.7. The highest BCUT2D eigenvalue weighted by Gasteiger charge is 2.29. The van der Waals surface area contributed by atoms with E-state index in [4.69, 9.17) is 14.2 Å². The highest BCUT2D eigenvalue weighted by Crippen LogP contribution is 2.33. The number of pyridine rings is 2. The molecule has 0 atom stereocenters. The van der Waals surface area contributed by atoms with Gasteiger partial charge in [0.2, 0.25) is 0 Å². The van der Waals surface area contributed by atoms with Gasteiger partial charge < -0.3 is 14.2 Å². The number of nitrogens with one attached hydrogen (secondary N) is 1. The van der Waals surface area contributed by atoms with Crippen LogP contribution in [0.25, 0.3) is 11.0 Å². The third-order valence-corrected chi connectivity index (χ3v) is 5.18. The van der Waals surface area contributed by atoms with E-state index >= 15 is 0 Å². The number of rotatable bonds is 8. The fraction of sp³-hybridized carbons (Fsp3) is 0.500. The Bertz CT molecular complexity index is 977. The Balaban J connectivity index is 1.40. The van der Waals surface area contributed by atoms with Gasteiger partial charge in [-0.15, -0.1) is 0 Å². The van der Waals surface area contributed by atoms with Gasteiger partial charge in [-0.2, -0.15) is 0 Å². The van der Waals surface area contributed by atoms with Crippen LogP contribution in [0.5, 0.6) is 0 Å². The van der Waals surface area contributed by atoms with Gasteiger partial charge in [0.15, 0.2) is 5.65 Å². The van der Waals surface area contributed by atoms with Gasteiger partial charge in [0.25, 0.3) is 0 Å². The lowest BCUT2D eigenvalue weighted by Gasteiger charge is -2.35. The van der Waals surface area contributed by atoms with Gasteiger partial charge in [0.05, 0.1) is 19.8 Å². The molecule has 1 aliphatic rings. The van der Waals surface area contributed by atoms with Gasteiger partial charge in [0.1, 0.15) is 11.3 Å². The lowest BCUT2D eigenvalue weighted by Crippen LogP contribution is -2.35. The average molecular weight is 442 g/mol. The average Bonchev–Trinajstić information content (AvgIpc) is 2.71. The van der Waals surface area contributed by atoms with Crippen LogP contribution in [0.4, 0.5) is 4.79 Å². The number of amides is 1. The fourth-order valence-corrected chi connectivity index (χ4v) is 3.51. The molecule has 0 spiro atoms. The Morgan fingerprint density at radius 3 is 2.72 bits per heavy atom. The predicted molar refractivity (Wildman–Crippen MR) is 120 cm³/mol. The Morgan fingerprint density at radius 2 is 2.00 bits per heavy atom. The topological polar surface area (TPSA) is 99.6 Å². The number of alkyl carbamates (subject to hydrolysis) is 1. The molecule has 8 heteroatoms. The number of hydrogen-bond acceptors (Lipinski definition) is 7. The van der Waals surface area contributed by atoms with E-state index in [1.807, 2.05) is 12.1 Å². The van der Waals surface area contributed by atoms with E-state index in [1.54, 1.807) is 27.0 Å². The normalized spacial score (nSPS) is 18.7. The Hall–Kier alpha value is -3.00.